The zero-order chi connectivity index (χ0) is 19.6. The SMILES string of the molecule is CCNC(=NCc1ccn(-c2ccc(OC)cc2)n1)NCCCn1cccn1. The van der Waals surface area contributed by atoms with Gasteiger partial charge in [0.05, 0.1) is 25.0 Å². The maximum Gasteiger partial charge on any atom is 0.191 e. The molecule has 28 heavy (non-hydrogen) atoms. The van der Waals surface area contributed by atoms with Gasteiger partial charge in [0.25, 0.3) is 0 Å². The Balaban J connectivity index is 1.52. The standard InChI is InChI=1S/C20H27N7O/c1-3-21-20(22-11-4-13-26-14-5-12-24-26)23-16-17-10-15-27(25-17)18-6-8-19(28-2)9-7-18/h5-10,12,14-15H,3-4,11,13,16H2,1-2H3,(H2,21,22,23). The third-order valence-corrected chi connectivity index (χ3v) is 4.14. The molecular formula is C20H27N7O. The molecule has 3 aromatic rings. The van der Waals surface area contributed by atoms with E-state index in [1.54, 1.807) is 13.3 Å². The highest BCUT2D eigenvalue weighted by molar-refractivity contribution is 5.79. The number of guanidine groups is 1. The molecule has 2 N–H and O–H groups in total. The Morgan fingerprint density at radius 3 is 2.71 bits per heavy atom. The number of rotatable bonds is 9. The van der Waals surface area contributed by atoms with E-state index >= 15 is 0 Å². The lowest BCUT2D eigenvalue weighted by Crippen LogP contribution is -2.38. The number of aromatic nitrogens is 4. The van der Waals surface area contributed by atoms with Gasteiger partial charge in [-0.05, 0) is 49.7 Å². The highest BCUT2D eigenvalue weighted by atomic mass is 16.5. The second-order valence-electron chi connectivity index (χ2n) is 6.19. The molecule has 148 valence electrons. The van der Waals surface area contributed by atoms with Gasteiger partial charge in [-0.2, -0.15) is 10.2 Å². The van der Waals surface area contributed by atoms with Gasteiger partial charge in [0.2, 0.25) is 0 Å². The molecule has 8 heteroatoms. The minimum absolute atomic E-state index is 0.512. The van der Waals surface area contributed by atoms with Gasteiger partial charge in [-0.15, -0.1) is 0 Å². The van der Waals surface area contributed by atoms with E-state index in [1.165, 1.54) is 0 Å². The average Bonchev–Trinajstić information content (AvgIpc) is 3.41. The Morgan fingerprint density at radius 1 is 1.14 bits per heavy atom. The fourth-order valence-corrected chi connectivity index (χ4v) is 2.71. The monoisotopic (exact) mass is 381 g/mol. The van der Waals surface area contributed by atoms with Crippen LogP contribution in [0.3, 0.4) is 0 Å². The summed E-state index contributed by atoms with van der Waals surface area (Å²) in [6, 6.07) is 11.7. The number of aryl methyl sites for hydroxylation is 1. The molecule has 0 fully saturated rings. The molecule has 0 spiro atoms. The van der Waals surface area contributed by atoms with Gasteiger partial charge in [-0.3, -0.25) is 4.68 Å². The van der Waals surface area contributed by atoms with Crippen LogP contribution in [0, 0.1) is 0 Å². The first-order valence-electron chi connectivity index (χ1n) is 9.47. The molecule has 0 saturated heterocycles. The molecule has 3 rings (SSSR count). The molecule has 0 atom stereocenters. The van der Waals surface area contributed by atoms with Crippen LogP contribution >= 0.6 is 0 Å². The number of nitrogens with zero attached hydrogens (tertiary/aromatic N) is 5. The lowest BCUT2D eigenvalue weighted by Gasteiger charge is -2.11. The minimum Gasteiger partial charge on any atom is -0.497 e. The van der Waals surface area contributed by atoms with Gasteiger partial charge in [-0.1, -0.05) is 0 Å². The summed E-state index contributed by atoms with van der Waals surface area (Å²) < 4.78 is 8.96. The van der Waals surface area contributed by atoms with Gasteiger partial charge in [0, 0.05) is 38.2 Å². The number of benzene rings is 1. The van der Waals surface area contributed by atoms with E-state index in [4.69, 9.17) is 4.74 Å². The number of aliphatic imine (C=N–C) groups is 1. The van der Waals surface area contributed by atoms with E-state index < -0.39 is 0 Å². The van der Waals surface area contributed by atoms with Crippen molar-refractivity contribution in [3.63, 3.8) is 0 Å². The Morgan fingerprint density at radius 2 is 2.00 bits per heavy atom. The summed E-state index contributed by atoms with van der Waals surface area (Å²) in [7, 11) is 1.66. The molecule has 2 aromatic heterocycles. The number of hydrogen-bond acceptors (Lipinski definition) is 4. The largest absolute Gasteiger partial charge is 0.497 e. The lowest BCUT2D eigenvalue weighted by atomic mass is 10.3. The normalized spacial score (nSPS) is 11.4. The Kier molecular flexibility index (Phi) is 7.06. The van der Waals surface area contributed by atoms with E-state index in [1.807, 2.05) is 58.2 Å². The zero-order valence-electron chi connectivity index (χ0n) is 16.4. The molecule has 0 amide bonds. The van der Waals surface area contributed by atoms with Gasteiger partial charge in [-0.25, -0.2) is 9.67 Å². The van der Waals surface area contributed by atoms with E-state index in [9.17, 15) is 0 Å². The second-order valence-corrected chi connectivity index (χ2v) is 6.19. The fourth-order valence-electron chi connectivity index (χ4n) is 2.71. The summed E-state index contributed by atoms with van der Waals surface area (Å²) in [6.07, 6.45) is 6.68. The predicted molar refractivity (Wildman–Crippen MR) is 110 cm³/mol. The van der Waals surface area contributed by atoms with Gasteiger partial charge < -0.3 is 15.4 Å². The number of methoxy groups -OCH3 is 1. The number of ether oxygens (including phenoxy) is 1. The van der Waals surface area contributed by atoms with Crippen LogP contribution < -0.4 is 15.4 Å². The maximum atomic E-state index is 5.19. The van der Waals surface area contributed by atoms with Crippen molar-refractivity contribution in [2.75, 3.05) is 20.2 Å². The number of hydrogen-bond donors (Lipinski definition) is 2. The first kappa shape index (κ1) is 19.5. The molecular weight excluding hydrogens is 354 g/mol. The van der Waals surface area contributed by atoms with Crippen LogP contribution in [0.2, 0.25) is 0 Å². The summed E-state index contributed by atoms with van der Waals surface area (Å²) in [5, 5.41) is 15.4. The topological polar surface area (TPSA) is 81.3 Å². The second kappa shape index (κ2) is 10.1. The van der Waals surface area contributed by atoms with Crippen molar-refractivity contribution in [3.05, 3.63) is 60.7 Å². The van der Waals surface area contributed by atoms with Crippen molar-refractivity contribution in [1.29, 1.82) is 0 Å². The molecule has 0 aliphatic heterocycles. The van der Waals surface area contributed by atoms with Gasteiger partial charge >= 0.3 is 0 Å². The Bertz CT molecular complexity index is 853. The van der Waals surface area contributed by atoms with Crippen molar-refractivity contribution < 1.29 is 4.74 Å². The van der Waals surface area contributed by atoms with E-state index in [-0.39, 0.29) is 0 Å². The van der Waals surface area contributed by atoms with Crippen molar-refractivity contribution >= 4 is 5.96 Å². The minimum atomic E-state index is 0.512. The summed E-state index contributed by atoms with van der Waals surface area (Å²) in [5.41, 5.74) is 1.89. The zero-order valence-corrected chi connectivity index (χ0v) is 16.4. The van der Waals surface area contributed by atoms with Crippen molar-refractivity contribution in [2.24, 2.45) is 4.99 Å². The predicted octanol–water partition coefficient (Wildman–Crippen LogP) is 2.22. The van der Waals surface area contributed by atoms with Crippen LogP contribution in [0.5, 0.6) is 5.75 Å². The summed E-state index contributed by atoms with van der Waals surface area (Å²) in [6.45, 7) is 5.08. The van der Waals surface area contributed by atoms with Gasteiger partial charge in [0.1, 0.15) is 5.75 Å². The Labute approximate surface area is 165 Å². The van der Waals surface area contributed by atoms with Crippen LogP contribution in [0.4, 0.5) is 0 Å². The molecule has 1 aromatic carbocycles. The molecule has 8 nitrogen and oxygen atoms in total. The molecule has 0 aliphatic rings. The summed E-state index contributed by atoms with van der Waals surface area (Å²) in [5.74, 6) is 1.62. The molecule has 2 heterocycles. The first-order chi connectivity index (χ1) is 13.8. The molecule has 0 aliphatic carbocycles. The third-order valence-electron chi connectivity index (χ3n) is 4.14. The van der Waals surface area contributed by atoms with Crippen molar-refractivity contribution in [2.45, 2.75) is 26.4 Å². The molecule has 0 radical (unpaired) electrons. The quantitative estimate of drug-likeness (QED) is 0.337. The Hall–Kier alpha value is -3.29. The highest BCUT2D eigenvalue weighted by Gasteiger charge is 2.03. The summed E-state index contributed by atoms with van der Waals surface area (Å²) in [4.78, 5) is 4.63. The van der Waals surface area contributed by atoms with E-state index in [0.717, 1.165) is 49.1 Å². The van der Waals surface area contributed by atoms with E-state index in [0.29, 0.717) is 6.54 Å². The lowest BCUT2D eigenvalue weighted by molar-refractivity contribution is 0.414. The average molecular weight is 381 g/mol. The van der Waals surface area contributed by atoms with Crippen LogP contribution in [0.1, 0.15) is 19.0 Å². The van der Waals surface area contributed by atoms with Crippen molar-refractivity contribution in [3.8, 4) is 11.4 Å². The fraction of sp³-hybridized carbons (Fsp3) is 0.350. The molecule has 0 unspecified atom stereocenters. The smallest absolute Gasteiger partial charge is 0.191 e. The number of nitrogens with one attached hydrogen (secondary N) is 2. The van der Waals surface area contributed by atoms with Gasteiger partial charge in [0.15, 0.2) is 5.96 Å². The van der Waals surface area contributed by atoms with Crippen LogP contribution in [0.15, 0.2) is 60.0 Å². The third kappa shape index (κ3) is 5.60. The first-order valence-corrected chi connectivity index (χ1v) is 9.47. The molecule has 0 saturated carbocycles. The maximum absolute atomic E-state index is 5.19. The van der Waals surface area contributed by atoms with E-state index in [2.05, 4.69) is 32.7 Å². The highest BCUT2D eigenvalue weighted by Crippen LogP contribution is 2.14. The van der Waals surface area contributed by atoms with Crippen molar-refractivity contribution in [1.82, 2.24) is 30.2 Å². The molecule has 0 bridgehead atoms. The van der Waals surface area contributed by atoms with Crippen LogP contribution in [0.25, 0.3) is 5.69 Å². The van der Waals surface area contributed by atoms with Crippen LogP contribution in [-0.4, -0.2) is 45.7 Å². The summed E-state index contributed by atoms with van der Waals surface area (Å²) >= 11 is 0. The van der Waals surface area contributed by atoms with Crippen LogP contribution in [-0.2, 0) is 13.1 Å².